The average Bonchev–Trinajstić information content (AvgIpc) is 2.96. The third kappa shape index (κ3) is 2.39. The van der Waals surface area contributed by atoms with Crippen LogP contribution in [-0.2, 0) is 9.47 Å². The molecule has 8 nitrogen and oxygen atoms in total. The fourth-order valence-corrected chi connectivity index (χ4v) is 2.68. The first kappa shape index (κ1) is 14.6. The minimum atomic E-state index is -1.11. The van der Waals surface area contributed by atoms with Gasteiger partial charge in [-0.2, -0.15) is 4.98 Å². The zero-order chi connectivity index (χ0) is 15.1. The third-order valence-corrected chi connectivity index (χ3v) is 3.68. The maximum atomic E-state index is 10.2. The Morgan fingerprint density at radius 2 is 2.14 bits per heavy atom. The molecule has 3 rings (SSSR count). The highest BCUT2D eigenvalue weighted by molar-refractivity contribution is 6.28. The van der Waals surface area contributed by atoms with Crippen LogP contribution >= 0.6 is 11.6 Å². The number of nitrogens with zero attached hydrogens (tertiary/aromatic N) is 4. The van der Waals surface area contributed by atoms with Gasteiger partial charge in [0.2, 0.25) is 5.28 Å². The van der Waals surface area contributed by atoms with E-state index in [1.807, 2.05) is 0 Å². The first-order chi connectivity index (χ1) is 10.0. The van der Waals surface area contributed by atoms with Crippen molar-refractivity contribution in [2.75, 3.05) is 13.7 Å². The van der Waals surface area contributed by atoms with Crippen LogP contribution < -0.4 is 0 Å². The molecule has 2 aromatic heterocycles. The van der Waals surface area contributed by atoms with Crippen LogP contribution in [0, 0.1) is 6.92 Å². The van der Waals surface area contributed by atoms with Crippen LogP contribution in [0.5, 0.6) is 0 Å². The van der Waals surface area contributed by atoms with Gasteiger partial charge < -0.3 is 19.7 Å². The van der Waals surface area contributed by atoms with E-state index in [0.29, 0.717) is 16.9 Å². The maximum Gasteiger partial charge on any atom is 0.224 e. The van der Waals surface area contributed by atoms with Gasteiger partial charge in [0, 0.05) is 7.11 Å². The lowest BCUT2D eigenvalue weighted by atomic mass is 10.1. The van der Waals surface area contributed by atoms with Crippen LogP contribution in [0.25, 0.3) is 11.2 Å². The van der Waals surface area contributed by atoms with Crippen molar-refractivity contribution in [1.29, 1.82) is 0 Å². The van der Waals surface area contributed by atoms with E-state index in [0.717, 1.165) is 0 Å². The van der Waals surface area contributed by atoms with E-state index in [1.165, 1.54) is 13.4 Å². The molecule has 114 valence electrons. The van der Waals surface area contributed by atoms with Gasteiger partial charge in [0.15, 0.2) is 11.9 Å². The Bertz CT molecular complexity index is 664. The molecule has 1 aliphatic heterocycles. The van der Waals surface area contributed by atoms with E-state index in [-0.39, 0.29) is 11.9 Å². The number of halogens is 1. The fourth-order valence-electron chi connectivity index (χ4n) is 2.47. The average molecular weight is 315 g/mol. The zero-order valence-electron chi connectivity index (χ0n) is 11.5. The number of aromatic nitrogens is 4. The van der Waals surface area contributed by atoms with E-state index in [2.05, 4.69) is 15.0 Å². The second-order valence-corrected chi connectivity index (χ2v) is 5.24. The lowest BCUT2D eigenvalue weighted by Gasteiger charge is -2.16. The van der Waals surface area contributed by atoms with Gasteiger partial charge in [-0.3, -0.25) is 4.57 Å². The molecule has 0 unspecified atom stereocenters. The highest BCUT2D eigenvalue weighted by Crippen LogP contribution is 2.32. The van der Waals surface area contributed by atoms with Crippen molar-refractivity contribution in [3.8, 4) is 0 Å². The quantitative estimate of drug-likeness (QED) is 0.772. The van der Waals surface area contributed by atoms with Crippen molar-refractivity contribution in [1.82, 2.24) is 19.5 Å². The van der Waals surface area contributed by atoms with Crippen molar-refractivity contribution in [3.63, 3.8) is 0 Å². The Balaban J connectivity index is 2.01. The number of aliphatic hydroxyl groups is 2. The molecule has 1 saturated heterocycles. The Morgan fingerprint density at radius 3 is 2.86 bits per heavy atom. The molecule has 0 saturated carbocycles. The molecule has 21 heavy (non-hydrogen) atoms. The smallest absolute Gasteiger partial charge is 0.224 e. The van der Waals surface area contributed by atoms with Gasteiger partial charge in [-0.05, 0) is 18.5 Å². The molecular weight excluding hydrogens is 300 g/mol. The molecule has 0 bridgehead atoms. The first-order valence-corrected chi connectivity index (χ1v) is 6.78. The maximum absolute atomic E-state index is 10.2. The van der Waals surface area contributed by atoms with Crippen LogP contribution in [0.15, 0.2) is 6.33 Å². The Kier molecular flexibility index (Phi) is 3.80. The number of ether oxygens (including phenoxy) is 2. The molecule has 2 N–H and O–H groups in total. The van der Waals surface area contributed by atoms with E-state index < -0.39 is 24.5 Å². The van der Waals surface area contributed by atoms with Gasteiger partial charge in [0.05, 0.1) is 18.6 Å². The van der Waals surface area contributed by atoms with Gasteiger partial charge in [0.25, 0.3) is 0 Å². The van der Waals surface area contributed by atoms with Gasteiger partial charge in [-0.1, -0.05) is 0 Å². The standard InChI is InChI=1S/C12H15ClN4O4/c1-5-7-10(16-12(13)15-5)17(4-14-7)11-9(19)8(18)6(21-11)3-20-2/h4,6,8-9,11,18-19H,3H2,1-2H3/t6-,8-,9-,11-/m1/s1. The number of methoxy groups -OCH3 is 1. The van der Waals surface area contributed by atoms with E-state index >= 15 is 0 Å². The second-order valence-electron chi connectivity index (χ2n) is 4.90. The Morgan fingerprint density at radius 1 is 1.38 bits per heavy atom. The summed E-state index contributed by atoms with van der Waals surface area (Å²) in [5, 5.41) is 20.2. The summed E-state index contributed by atoms with van der Waals surface area (Å²) in [5.74, 6) is 0. The van der Waals surface area contributed by atoms with Crippen molar-refractivity contribution >= 4 is 22.8 Å². The fraction of sp³-hybridized carbons (Fsp3) is 0.583. The van der Waals surface area contributed by atoms with Crippen LogP contribution in [-0.4, -0.2) is 61.8 Å². The van der Waals surface area contributed by atoms with Crippen LogP contribution in [0.3, 0.4) is 0 Å². The minimum Gasteiger partial charge on any atom is -0.387 e. The SMILES string of the molecule is COC[C@H]1O[C@@H](n2cnc3c(C)nc(Cl)nc32)[C@H](O)[C@@H]1O. The Labute approximate surface area is 125 Å². The molecule has 3 heterocycles. The molecule has 0 amide bonds. The molecule has 1 aliphatic rings. The normalized spacial score (nSPS) is 29.4. The summed E-state index contributed by atoms with van der Waals surface area (Å²) in [5.41, 5.74) is 1.65. The van der Waals surface area contributed by atoms with Crippen molar-refractivity contribution in [2.24, 2.45) is 0 Å². The van der Waals surface area contributed by atoms with Gasteiger partial charge in [0.1, 0.15) is 23.8 Å². The van der Waals surface area contributed by atoms with Crippen LogP contribution in [0.2, 0.25) is 5.28 Å². The van der Waals surface area contributed by atoms with E-state index in [1.54, 1.807) is 11.5 Å². The topological polar surface area (TPSA) is 103 Å². The van der Waals surface area contributed by atoms with Crippen molar-refractivity contribution in [3.05, 3.63) is 17.3 Å². The summed E-state index contributed by atoms with van der Waals surface area (Å²) in [7, 11) is 1.50. The van der Waals surface area contributed by atoms with Crippen molar-refractivity contribution in [2.45, 2.75) is 31.5 Å². The summed E-state index contributed by atoms with van der Waals surface area (Å²) in [4.78, 5) is 12.4. The molecule has 4 atom stereocenters. The van der Waals surface area contributed by atoms with E-state index in [4.69, 9.17) is 21.1 Å². The Hall–Kier alpha value is -1.32. The number of imidazole rings is 1. The summed E-state index contributed by atoms with van der Waals surface area (Å²) in [6.45, 7) is 1.94. The number of aryl methyl sites for hydroxylation is 1. The molecule has 1 fully saturated rings. The molecule has 9 heteroatoms. The number of rotatable bonds is 3. The van der Waals surface area contributed by atoms with Crippen molar-refractivity contribution < 1.29 is 19.7 Å². The molecule has 2 aromatic rings. The largest absolute Gasteiger partial charge is 0.387 e. The summed E-state index contributed by atoms with van der Waals surface area (Å²) < 4.78 is 12.2. The lowest BCUT2D eigenvalue weighted by Crippen LogP contribution is -2.33. The second kappa shape index (κ2) is 5.47. The minimum absolute atomic E-state index is 0.0863. The predicted molar refractivity (Wildman–Crippen MR) is 72.9 cm³/mol. The lowest BCUT2D eigenvalue weighted by molar-refractivity contribution is -0.0580. The molecular formula is C12H15ClN4O4. The zero-order valence-corrected chi connectivity index (χ0v) is 12.2. The summed E-state index contributed by atoms with van der Waals surface area (Å²) in [6.07, 6.45) is -2.11. The van der Waals surface area contributed by atoms with Crippen LogP contribution in [0.1, 0.15) is 11.9 Å². The first-order valence-electron chi connectivity index (χ1n) is 6.40. The predicted octanol–water partition coefficient (Wildman–Crippen LogP) is 0.0537. The van der Waals surface area contributed by atoms with Crippen LogP contribution in [0.4, 0.5) is 0 Å². The molecule has 0 spiro atoms. The third-order valence-electron chi connectivity index (χ3n) is 3.51. The number of fused-ring (bicyclic) bond motifs is 1. The van der Waals surface area contributed by atoms with E-state index in [9.17, 15) is 10.2 Å². The van der Waals surface area contributed by atoms with Gasteiger partial charge in [-0.25, -0.2) is 9.97 Å². The highest BCUT2D eigenvalue weighted by atomic mass is 35.5. The molecule has 0 aliphatic carbocycles. The number of hydrogen-bond acceptors (Lipinski definition) is 7. The summed E-state index contributed by atoms with van der Waals surface area (Å²) in [6, 6.07) is 0. The summed E-state index contributed by atoms with van der Waals surface area (Å²) >= 11 is 5.87. The molecule has 0 radical (unpaired) electrons. The monoisotopic (exact) mass is 314 g/mol. The molecule has 0 aromatic carbocycles. The number of hydrogen-bond donors (Lipinski definition) is 2. The van der Waals surface area contributed by atoms with Gasteiger partial charge in [-0.15, -0.1) is 0 Å². The number of aliphatic hydroxyl groups excluding tert-OH is 2. The van der Waals surface area contributed by atoms with Gasteiger partial charge >= 0.3 is 0 Å². The highest BCUT2D eigenvalue weighted by Gasteiger charge is 2.44.